The Hall–Kier alpha value is -1.61. The largest absolute Gasteiger partial charge is 0.480 e. The Balaban J connectivity index is 2.75. The first-order valence-electron chi connectivity index (χ1n) is 4.93. The number of morpholine rings is 1. The van der Waals surface area contributed by atoms with E-state index in [1.54, 1.807) is 0 Å². The molecule has 0 aromatic rings. The first kappa shape index (κ1) is 12.5. The van der Waals surface area contributed by atoms with Gasteiger partial charge < -0.3 is 14.7 Å². The van der Waals surface area contributed by atoms with Crippen LogP contribution in [0.1, 0.15) is 13.8 Å². The first-order chi connectivity index (χ1) is 7.39. The number of aliphatic carboxylic acids is 1. The van der Waals surface area contributed by atoms with Crippen molar-refractivity contribution < 1.29 is 19.4 Å². The van der Waals surface area contributed by atoms with Crippen molar-refractivity contribution in [2.75, 3.05) is 19.7 Å². The number of nitrogens with zero attached hydrogens (tertiary/aromatic N) is 2. The normalized spacial score (nSPS) is 21.3. The molecule has 1 saturated heterocycles. The number of rotatable bonds is 2. The van der Waals surface area contributed by atoms with Gasteiger partial charge in [0.25, 0.3) is 0 Å². The summed E-state index contributed by atoms with van der Waals surface area (Å²) in [6.45, 7) is 3.43. The molecule has 1 unspecified atom stereocenters. The van der Waals surface area contributed by atoms with E-state index in [4.69, 9.17) is 15.1 Å². The number of hydrogen-bond acceptors (Lipinski definition) is 4. The number of carboxylic acids is 1. The predicted octanol–water partition coefficient (Wildman–Crippen LogP) is -0.152. The topological polar surface area (TPSA) is 90.6 Å². The first-order valence-corrected chi connectivity index (χ1v) is 4.93. The molecular weight excluding hydrogens is 212 g/mol. The molecule has 6 nitrogen and oxygen atoms in total. The average molecular weight is 226 g/mol. The highest BCUT2D eigenvalue weighted by Gasteiger charge is 2.40. The summed E-state index contributed by atoms with van der Waals surface area (Å²) >= 11 is 0. The number of amides is 1. The lowest BCUT2D eigenvalue weighted by Crippen LogP contribution is -2.51. The molecule has 1 amide bonds. The summed E-state index contributed by atoms with van der Waals surface area (Å²) in [6, 6.07) is 1.91. The molecular formula is C10H14N2O4. The van der Waals surface area contributed by atoms with E-state index in [1.807, 2.05) is 6.07 Å². The van der Waals surface area contributed by atoms with Gasteiger partial charge in [-0.2, -0.15) is 5.26 Å². The Kier molecular flexibility index (Phi) is 3.50. The lowest BCUT2D eigenvalue weighted by atomic mass is 9.91. The van der Waals surface area contributed by atoms with Crippen molar-refractivity contribution in [3.8, 4) is 6.07 Å². The highest BCUT2D eigenvalue weighted by Crippen LogP contribution is 2.20. The predicted molar refractivity (Wildman–Crippen MR) is 53.3 cm³/mol. The zero-order valence-electron chi connectivity index (χ0n) is 9.27. The second-order valence-electron chi connectivity index (χ2n) is 4.17. The Morgan fingerprint density at radius 2 is 2.19 bits per heavy atom. The van der Waals surface area contributed by atoms with Gasteiger partial charge in [-0.1, -0.05) is 0 Å². The molecule has 0 bridgehead atoms. The van der Waals surface area contributed by atoms with Crippen LogP contribution in [-0.2, 0) is 14.3 Å². The third-order valence-electron chi connectivity index (χ3n) is 2.57. The van der Waals surface area contributed by atoms with Crippen molar-refractivity contribution in [3.05, 3.63) is 0 Å². The molecule has 0 saturated carbocycles. The summed E-state index contributed by atoms with van der Waals surface area (Å²) in [4.78, 5) is 24.2. The summed E-state index contributed by atoms with van der Waals surface area (Å²) in [6.07, 6.45) is -0.665. The molecule has 1 heterocycles. The Morgan fingerprint density at radius 3 is 2.69 bits per heavy atom. The molecule has 0 aromatic carbocycles. The van der Waals surface area contributed by atoms with E-state index < -0.39 is 23.4 Å². The summed E-state index contributed by atoms with van der Waals surface area (Å²) in [5, 5.41) is 17.6. The Morgan fingerprint density at radius 1 is 1.56 bits per heavy atom. The molecule has 1 aliphatic rings. The van der Waals surface area contributed by atoms with Gasteiger partial charge in [0.1, 0.15) is 5.41 Å². The van der Waals surface area contributed by atoms with Gasteiger partial charge in [0, 0.05) is 6.54 Å². The smallest absolute Gasteiger partial charge is 0.318 e. The van der Waals surface area contributed by atoms with Gasteiger partial charge in [0.15, 0.2) is 6.10 Å². The minimum Gasteiger partial charge on any atom is -0.480 e. The van der Waals surface area contributed by atoms with Crippen LogP contribution in [0.15, 0.2) is 0 Å². The second kappa shape index (κ2) is 4.49. The molecule has 0 aromatic heterocycles. The third-order valence-corrected chi connectivity index (χ3v) is 2.57. The maximum atomic E-state index is 11.9. The van der Waals surface area contributed by atoms with Crippen molar-refractivity contribution in [1.82, 2.24) is 4.90 Å². The second-order valence-corrected chi connectivity index (χ2v) is 4.17. The number of nitriles is 1. The van der Waals surface area contributed by atoms with Crippen LogP contribution in [-0.4, -0.2) is 47.7 Å². The van der Waals surface area contributed by atoms with Crippen molar-refractivity contribution in [1.29, 1.82) is 5.26 Å². The minimum absolute atomic E-state index is 0.131. The molecule has 0 radical (unpaired) electrons. The van der Waals surface area contributed by atoms with E-state index in [1.165, 1.54) is 18.7 Å². The molecule has 16 heavy (non-hydrogen) atoms. The summed E-state index contributed by atoms with van der Waals surface area (Å²) < 4.78 is 5.08. The lowest BCUT2D eigenvalue weighted by molar-refractivity contribution is -0.161. The van der Waals surface area contributed by atoms with Crippen molar-refractivity contribution in [2.24, 2.45) is 5.41 Å². The fourth-order valence-corrected chi connectivity index (χ4v) is 1.40. The molecule has 1 rings (SSSR count). The van der Waals surface area contributed by atoms with Crippen LogP contribution in [0, 0.1) is 16.7 Å². The quantitative estimate of drug-likeness (QED) is 0.661. The lowest BCUT2D eigenvalue weighted by Gasteiger charge is -2.33. The zero-order valence-corrected chi connectivity index (χ0v) is 9.27. The van der Waals surface area contributed by atoms with Crippen LogP contribution >= 0.6 is 0 Å². The van der Waals surface area contributed by atoms with Gasteiger partial charge in [0.2, 0.25) is 5.91 Å². The third kappa shape index (κ3) is 2.31. The van der Waals surface area contributed by atoms with Gasteiger partial charge in [-0.25, -0.2) is 0 Å². The van der Waals surface area contributed by atoms with Gasteiger partial charge >= 0.3 is 5.97 Å². The number of carbonyl (C=O) groups is 2. The highest BCUT2D eigenvalue weighted by molar-refractivity contribution is 6.01. The molecule has 6 heteroatoms. The maximum absolute atomic E-state index is 11.9. The summed E-state index contributed by atoms with van der Waals surface area (Å²) in [5.74, 6) is -1.65. The van der Waals surface area contributed by atoms with Gasteiger partial charge in [-0.15, -0.1) is 0 Å². The standard InChI is InChI=1S/C10H14N2O4/c1-10(2,9(14)15)8(13)12-3-4-16-7(5-11)6-12/h7H,3-4,6H2,1-2H3,(H,14,15). The van der Waals surface area contributed by atoms with Crippen LogP contribution in [0.2, 0.25) is 0 Å². The molecule has 0 spiro atoms. The molecule has 88 valence electrons. The van der Waals surface area contributed by atoms with Crippen molar-refractivity contribution in [3.63, 3.8) is 0 Å². The fraction of sp³-hybridized carbons (Fsp3) is 0.700. The molecule has 1 aliphatic heterocycles. The molecule has 1 fully saturated rings. The summed E-state index contributed by atoms with van der Waals surface area (Å²) in [7, 11) is 0. The van der Waals surface area contributed by atoms with Crippen molar-refractivity contribution in [2.45, 2.75) is 20.0 Å². The van der Waals surface area contributed by atoms with Crippen LogP contribution in [0.25, 0.3) is 0 Å². The summed E-state index contributed by atoms with van der Waals surface area (Å²) in [5.41, 5.74) is -1.46. The minimum atomic E-state index is -1.46. The number of hydrogen-bond donors (Lipinski definition) is 1. The monoisotopic (exact) mass is 226 g/mol. The number of carbonyl (C=O) groups excluding carboxylic acids is 1. The van der Waals surface area contributed by atoms with Crippen LogP contribution in [0.5, 0.6) is 0 Å². The van der Waals surface area contributed by atoms with Gasteiger partial charge in [-0.3, -0.25) is 9.59 Å². The van der Waals surface area contributed by atoms with E-state index in [0.29, 0.717) is 6.54 Å². The van der Waals surface area contributed by atoms with Crippen LogP contribution in [0.3, 0.4) is 0 Å². The number of ether oxygens (including phenoxy) is 1. The zero-order chi connectivity index (χ0) is 12.3. The SMILES string of the molecule is CC(C)(C(=O)O)C(=O)N1CCOC(C#N)C1. The molecule has 1 N–H and O–H groups in total. The van der Waals surface area contributed by atoms with Crippen LogP contribution < -0.4 is 0 Å². The van der Waals surface area contributed by atoms with E-state index in [9.17, 15) is 9.59 Å². The van der Waals surface area contributed by atoms with Gasteiger partial charge in [0.05, 0.1) is 19.2 Å². The van der Waals surface area contributed by atoms with E-state index >= 15 is 0 Å². The van der Waals surface area contributed by atoms with Crippen molar-refractivity contribution >= 4 is 11.9 Å². The van der Waals surface area contributed by atoms with Crippen LogP contribution in [0.4, 0.5) is 0 Å². The van der Waals surface area contributed by atoms with E-state index in [-0.39, 0.29) is 13.2 Å². The number of carboxylic acid groups (broad SMARTS) is 1. The van der Waals surface area contributed by atoms with Gasteiger partial charge in [-0.05, 0) is 13.8 Å². The molecule has 1 atom stereocenters. The average Bonchev–Trinajstić information content (AvgIpc) is 2.27. The van der Waals surface area contributed by atoms with E-state index in [2.05, 4.69) is 0 Å². The molecule has 0 aliphatic carbocycles. The van der Waals surface area contributed by atoms with E-state index in [0.717, 1.165) is 0 Å². The Labute approximate surface area is 93.4 Å². The highest BCUT2D eigenvalue weighted by atomic mass is 16.5. The fourth-order valence-electron chi connectivity index (χ4n) is 1.40. The Bertz CT molecular complexity index is 345. The maximum Gasteiger partial charge on any atom is 0.318 e.